The number of nitrogens with zero attached hydrogens (tertiary/aromatic N) is 2. The fourth-order valence-electron chi connectivity index (χ4n) is 4.63. The maximum Gasteiger partial charge on any atom is 0.254 e. The molecular weight excluding hydrogens is 373 g/mol. The van der Waals surface area contributed by atoms with Crippen LogP contribution < -0.4 is 16.4 Å². The van der Waals surface area contributed by atoms with E-state index in [9.17, 15) is 4.79 Å². The van der Waals surface area contributed by atoms with E-state index in [1.807, 2.05) is 19.2 Å². The number of aromatic nitrogens is 2. The summed E-state index contributed by atoms with van der Waals surface area (Å²) in [5, 5.41) is 5.98. The standard InChI is InChI=1S/C21H26FN5O2/c1-11-8-27-9-12(6-13(27)10-29-11)19-17-14(7-24-21(17)28)18(22)20(26-19)25-16-5-3-2-4-15(16)23/h6,9,11,15-16H,2-5,7-8,10,23H2,1H3,(H,24,28)(H,25,26)/t11?,15-,16+/m0/s1. The molecule has 3 atom stereocenters. The normalized spacial score (nSPS) is 26.0. The summed E-state index contributed by atoms with van der Waals surface area (Å²) in [6.45, 7) is 3.46. The molecule has 4 heterocycles. The second-order valence-corrected chi connectivity index (χ2v) is 8.35. The first-order chi connectivity index (χ1) is 14.0. The van der Waals surface area contributed by atoms with Gasteiger partial charge in [-0.05, 0) is 25.8 Å². The van der Waals surface area contributed by atoms with Gasteiger partial charge >= 0.3 is 0 Å². The predicted octanol–water partition coefficient (Wildman–Crippen LogP) is 2.53. The van der Waals surface area contributed by atoms with Gasteiger partial charge in [0.25, 0.3) is 5.91 Å². The fourth-order valence-corrected chi connectivity index (χ4v) is 4.63. The van der Waals surface area contributed by atoms with E-state index in [1.54, 1.807) is 0 Å². The van der Waals surface area contributed by atoms with E-state index in [0.717, 1.165) is 43.5 Å². The number of nitrogens with two attached hydrogens (primary N) is 1. The first-order valence-electron chi connectivity index (χ1n) is 10.3. The van der Waals surface area contributed by atoms with E-state index >= 15 is 4.39 Å². The number of ether oxygens (including phenoxy) is 1. The number of nitrogens with one attached hydrogen (secondary N) is 2. The number of hydrogen-bond acceptors (Lipinski definition) is 5. The Balaban J connectivity index is 1.58. The molecular formula is C21H26FN5O2. The van der Waals surface area contributed by atoms with Gasteiger partial charge in [0.1, 0.15) is 0 Å². The molecule has 4 N–H and O–H groups in total. The first kappa shape index (κ1) is 18.6. The molecule has 5 rings (SSSR count). The number of carbonyl (C=O) groups is 1. The van der Waals surface area contributed by atoms with Crippen molar-refractivity contribution in [3.05, 3.63) is 34.9 Å². The van der Waals surface area contributed by atoms with Gasteiger partial charge in [0.15, 0.2) is 11.6 Å². The van der Waals surface area contributed by atoms with Crippen LogP contribution in [0, 0.1) is 5.82 Å². The minimum Gasteiger partial charge on any atom is -0.370 e. The number of fused-ring (bicyclic) bond motifs is 2. The highest BCUT2D eigenvalue weighted by molar-refractivity contribution is 6.04. The van der Waals surface area contributed by atoms with Crippen molar-refractivity contribution in [2.75, 3.05) is 5.32 Å². The average Bonchev–Trinajstić information content (AvgIpc) is 3.29. The predicted molar refractivity (Wildman–Crippen MR) is 107 cm³/mol. The second kappa shape index (κ2) is 7.11. The maximum absolute atomic E-state index is 15.2. The van der Waals surface area contributed by atoms with Gasteiger partial charge in [0.05, 0.1) is 24.0 Å². The molecule has 2 aromatic rings. The summed E-state index contributed by atoms with van der Waals surface area (Å²) in [7, 11) is 0. The molecule has 1 aliphatic carbocycles. The number of carbonyl (C=O) groups excluding carboxylic acids is 1. The van der Waals surface area contributed by atoms with E-state index in [0.29, 0.717) is 23.4 Å². The van der Waals surface area contributed by atoms with Crippen molar-refractivity contribution in [1.82, 2.24) is 14.9 Å². The molecule has 154 valence electrons. The number of pyridine rings is 1. The lowest BCUT2D eigenvalue weighted by atomic mass is 9.91. The van der Waals surface area contributed by atoms with Crippen LogP contribution in [0.4, 0.5) is 10.2 Å². The third-order valence-electron chi connectivity index (χ3n) is 6.26. The monoisotopic (exact) mass is 399 g/mol. The SMILES string of the molecule is CC1Cn2cc(-c3nc(N[C@@H]4CCCC[C@@H]4N)c(F)c4c3C(=O)NC4)cc2CO1. The van der Waals surface area contributed by atoms with Gasteiger partial charge in [-0.15, -0.1) is 0 Å². The summed E-state index contributed by atoms with van der Waals surface area (Å²) in [6.07, 6.45) is 6.08. The summed E-state index contributed by atoms with van der Waals surface area (Å²) in [4.78, 5) is 17.1. The Labute approximate surface area is 168 Å². The van der Waals surface area contributed by atoms with Crippen molar-refractivity contribution >= 4 is 11.7 Å². The van der Waals surface area contributed by atoms with Gasteiger partial charge in [-0.1, -0.05) is 12.8 Å². The van der Waals surface area contributed by atoms with Crippen LogP contribution in [0.1, 0.15) is 54.2 Å². The van der Waals surface area contributed by atoms with E-state index < -0.39 is 5.82 Å². The topological polar surface area (TPSA) is 94.2 Å². The van der Waals surface area contributed by atoms with Gasteiger partial charge in [-0.2, -0.15) is 0 Å². The minimum atomic E-state index is -0.458. The number of hydrogen-bond donors (Lipinski definition) is 3. The smallest absolute Gasteiger partial charge is 0.254 e. The number of rotatable bonds is 3. The zero-order valence-corrected chi connectivity index (χ0v) is 16.5. The lowest BCUT2D eigenvalue weighted by Gasteiger charge is -2.30. The van der Waals surface area contributed by atoms with Crippen LogP contribution in [0.2, 0.25) is 0 Å². The summed E-state index contributed by atoms with van der Waals surface area (Å²) >= 11 is 0. The highest BCUT2D eigenvalue weighted by atomic mass is 19.1. The van der Waals surface area contributed by atoms with E-state index in [1.165, 1.54) is 0 Å². The van der Waals surface area contributed by atoms with E-state index in [-0.39, 0.29) is 36.5 Å². The molecule has 1 unspecified atom stereocenters. The van der Waals surface area contributed by atoms with Crippen molar-refractivity contribution < 1.29 is 13.9 Å². The molecule has 0 saturated heterocycles. The van der Waals surface area contributed by atoms with Gasteiger partial charge in [-0.25, -0.2) is 9.37 Å². The van der Waals surface area contributed by atoms with Crippen LogP contribution in [-0.2, 0) is 24.4 Å². The van der Waals surface area contributed by atoms with Crippen LogP contribution in [0.15, 0.2) is 12.3 Å². The van der Waals surface area contributed by atoms with E-state index in [2.05, 4.69) is 20.2 Å². The molecule has 29 heavy (non-hydrogen) atoms. The molecule has 3 aliphatic rings. The molecule has 0 bridgehead atoms. The van der Waals surface area contributed by atoms with Gasteiger partial charge in [0.2, 0.25) is 0 Å². The van der Waals surface area contributed by atoms with Crippen LogP contribution in [0.25, 0.3) is 11.3 Å². The quantitative estimate of drug-likeness (QED) is 0.737. The third-order valence-corrected chi connectivity index (χ3v) is 6.26. The molecule has 0 radical (unpaired) electrons. The van der Waals surface area contributed by atoms with Crippen molar-refractivity contribution in [3.8, 4) is 11.3 Å². The Morgan fingerprint density at radius 2 is 2.21 bits per heavy atom. The highest BCUT2D eigenvalue weighted by Crippen LogP contribution is 2.35. The number of halogens is 1. The Hall–Kier alpha value is -2.45. The third kappa shape index (κ3) is 3.20. The summed E-state index contributed by atoms with van der Waals surface area (Å²) in [6, 6.07) is 1.94. The molecule has 8 heteroatoms. The Kier molecular flexibility index (Phi) is 4.55. The molecule has 0 aromatic carbocycles. The Morgan fingerprint density at radius 3 is 3.03 bits per heavy atom. The summed E-state index contributed by atoms with van der Waals surface area (Å²) in [5.41, 5.74) is 9.30. The summed E-state index contributed by atoms with van der Waals surface area (Å²) in [5.74, 6) is -0.553. The maximum atomic E-state index is 15.2. The van der Waals surface area contributed by atoms with Crippen molar-refractivity contribution in [2.45, 2.75) is 70.5 Å². The van der Waals surface area contributed by atoms with Gasteiger partial charge in [0, 0.05) is 48.2 Å². The van der Waals surface area contributed by atoms with Gasteiger partial charge < -0.3 is 25.7 Å². The Bertz CT molecular complexity index is 972. The van der Waals surface area contributed by atoms with Crippen LogP contribution in [0.5, 0.6) is 0 Å². The molecule has 1 amide bonds. The Morgan fingerprint density at radius 1 is 1.38 bits per heavy atom. The van der Waals surface area contributed by atoms with Crippen molar-refractivity contribution in [1.29, 1.82) is 0 Å². The van der Waals surface area contributed by atoms with Crippen molar-refractivity contribution in [2.24, 2.45) is 5.73 Å². The number of anilines is 1. The molecule has 2 aromatic heterocycles. The highest BCUT2D eigenvalue weighted by Gasteiger charge is 2.32. The lowest BCUT2D eigenvalue weighted by Crippen LogP contribution is -2.43. The lowest BCUT2D eigenvalue weighted by molar-refractivity contribution is 0.0167. The van der Waals surface area contributed by atoms with E-state index in [4.69, 9.17) is 10.5 Å². The fraction of sp³-hybridized carbons (Fsp3) is 0.524. The molecule has 2 aliphatic heterocycles. The zero-order valence-electron chi connectivity index (χ0n) is 16.5. The first-order valence-corrected chi connectivity index (χ1v) is 10.3. The van der Waals surface area contributed by atoms with Crippen LogP contribution in [0.3, 0.4) is 0 Å². The zero-order chi connectivity index (χ0) is 20.1. The largest absolute Gasteiger partial charge is 0.370 e. The van der Waals surface area contributed by atoms with Crippen molar-refractivity contribution in [3.63, 3.8) is 0 Å². The average molecular weight is 399 g/mol. The number of amides is 1. The molecule has 7 nitrogen and oxygen atoms in total. The summed E-state index contributed by atoms with van der Waals surface area (Å²) < 4.78 is 23.1. The molecule has 0 spiro atoms. The van der Waals surface area contributed by atoms with Crippen LogP contribution >= 0.6 is 0 Å². The molecule has 1 saturated carbocycles. The minimum absolute atomic E-state index is 0.0155. The second-order valence-electron chi connectivity index (χ2n) is 8.35. The van der Waals surface area contributed by atoms with Crippen LogP contribution in [-0.4, -0.2) is 33.6 Å². The molecule has 1 fully saturated rings. The van der Waals surface area contributed by atoms with Gasteiger partial charge in [-0.3, -0.25) is 4.79 Å².